The molecule has 2 heterocycles. The molecule has 0 radical (unpaired) electrons. The van der Waals surface area contributed by atoms with Crippen molar-refractivity contribution in [2.45, 2.75) is 0 Å². The average molecular weight is 398 g/mol. The van der Waals surface area contributed by atoms with Crippen molar-refractivity contribution in [3.63, 3.8) is 0 Å². The number of fused-ring (bicyclic) bond motifs is 2. The van der Waals surface area contributed by atoms with Gasteiger partial charge in [-0.1, -0.05) is 30.8 Å². The quantitative estimate of drug-likeness (QED) is 0.282. The molecule has 0 aliphatic rings. The zero-order valence-electron chi connectivity index (χ0n) is 15.5. The van der Waals surface area contributed by atoms with E-state index in [9.17, 15) is 9.90 Å². The molecule has 5 aromatic rings. The molecule has 1 N–H and O–H groups in total. The summed E-state index contributed by atoms with van der Waals surface area (Å²) in [5.41, 5.74) is 2.94. The van der Waals surface area contributed by atoms with Gasteiger partial charge in [-0.25, -0.2) is 4.79 Å². The average Bonchev–Trinajstić information content (AvgIpc) is 3.37. The Hall–Kier alpha value is -4.53. The van der Waals surface area contributed by atoms with E-state index in [2.05, 4.69) is 27.0 Å². The summed E-state index contributed by atoms with van der Waals surface area (Å²) in [6.45, 7) is 3.41. The second-order valence-electron chi connectivity index (χ2n) is 6.36. The zero-order chi connectivity index (χ0) is 20.7. The van der Waals surface area contributed by atoms with Crippen LogP contribution in [-0.4, -0.2) is 41.1 Å². The number of nitrogens with zero attached hydrogens (tertiary/aromatic N) is 6. The summed E-state index contributed by atoms with van der Waals surface area (Å²) in [7, 11) is 0. The maximum absolute atomic E-state index is 11.8. The number of aromatic nitrogens is 6. The van der Waals surface area contributed by atoms with E-state index >= 15 is 0 Å². The van der Waals surface area contributed by atoms with Crippen LogP contribution in [0.2, 0.25) is 0 Å². The van der Waals surface area contributed by atoms with Crippen LogP contribution in [0.25, 0.3) is 33.4 Å². The summed E-state index contributed by atoms with van der Waals surface area (Å²) in [6, 6.07) is 17.6. The molecule has 9 heteroatoms. The summed E-state index contributed by atoms with van der Waals surface area (Å²) in [5.74, 6) is -0.855. The number of aromatic hydroxyl groups is 1. The van der Waals surface area contributed by atoms with Gasteiger partial charge in [0.25, 0.3) is 0 Å². The SMILES string of the molecule is C=CC(=O)Oc1ccc(-n2nc3ccccc3n2)c(O)c1-n1nc2ccccc2n1. The van der Waals surface area contributed by atoms with E-state index in [0.717, 1.165) is 6.08 Å². The normalized spacial score (nSPS) is 11.1. The fourth-order valence-corrected chi connectivity index (χ4v) is 3.06. The maximum atomic E-state index is 11.8. The predicted octanol–water partition coefficient (Wildman–Crippen LogP) is 2.95. The minimum Gasteiger partial charge on any atom is -0.504 e. The molecule has 0 saturated carbocycles. The van der Waals surface area contributed by atoms with Crippen LogP contribution in [0.1, 0.15) is 0 Å². The lowest BCUT2D eigenvalue weighted by atomic mass is 10.2. The Labute approximate surface area is 169 Å². The topological polar surface area (TPSA) is 108 Å². The number of hydrogen-bond acceptors (Lipinski definition) is 7. The molecule has 3 aromatic carbocycles. The van der Waals surface area contributed by atoms with Gasteiger partial charge in [-0.15, -0.1) is 30.0 Å². The number of phenolic OH excluding ortho intramolecular Hbond substituents is 1. The summed E-state index contributed by atoms with van der Waals surface area (Å²) in [4.78, 5) is 14.4. The molecule has 0 spiro atoms. The summed E-state index contributed by atoms with van der Waals surface area (Å²) >= 11 is 0. The third kappa shape index (κ3) is 2.85. The van der Waals surface area contributed by atoms with E-state index in [1.54, 1.807) is 18.2 Å². The van der Waals surface area contributed by atoms with E-state index in [1.165, 1.54) is 15.7 Å². The Bertz CT molecular complexity index is 1370. The smallest absolute Gasteiger partial charge is 0.335 e. The number of ether oxygens (including phenoxy) is 1. The lowest BCUT2D eigenvalue weighted by Crippen LogP contribution is -2.10. The van der Waals surface area contributed by atoms with Crippen LogP contribution >= 0.6 is 0 Å². The molecule has 146 valence electrons. The first-order valence-corrected chi connectivity index (χ1v) is 8.99. The second-order valence-corrected chi connectivity index (χ2v) is 6.36. The maximum Gasteiger partial charge on any atom is 0.335 e. The van der Waals surface area contributed by atoms with Crippen LogP contribution in [0.5, 0.6) is 11.5 Å². The molecule has 2 aromatic heterocycles. The van der Waals surface area contributed by atoms with Gasteiger partial charge in [0.15, 0.2) is 17.2 Å². The first-order chi connectivity index (χ1) is 14.6. The van der Waals surface area contributed by atoms with E-state index in [1.807, 2.05) is 36.4 Å². The van der Waals surface area contributed by atoms with E-state index in [-0.39, 0.29) is 22.9 Å². The zero-order valence-corrected chi connectivity index (χ0v) is 15.5. The molecular formula is C21H14N6O3. The minimum absolute atomic E-state index is 0.0677. The van der Waals surface area contributed by atoms with Crippen molar-refractivity contribution in [1.29, 1.82) is 0 Å². The molecule has 0 atom stereocenters. The van der Waals surface area contributed by atoms with E-state index < -0.39 is 5.97 Å². The number of benzene rings is 3. The van der Waals surface area contributed by atoms with Crippen molar-refractivity contribution >= 4 is 28.0 Å². The van der Waals surface area contributed by atoms with Crippen molar-refractivity contribution in [1.82, 2.24) is 30.0 Å². The number of carbonyl (C=O) groups is 1. The Kier molecular flexibility index (Phi) is 3.99. The third-order valence-corrected chi connectivity index (χ3v) is 4.46. The molecular weight excluding hydrogens is 384 g/mol. The van der Waals surface area contributed by atoms with Crippen molar-refractivity contribution in [3.05, 3.63) is 73.3 Å². The number of hydrogen-bond donors (Lipinski definition) is 1. The lowest BCUT2D eigenvalue weighted by molar-refractivity contribution is -0.128. The highest BCUT2D eigenvalue weighted by molar-refractivity contribution is 5.85. The molecule has 0 fully saturated rings. The van der Waals surface area contributed by atoms with Gasteiger partial charge >= 0.3 is 5.97 Å². The van der Waals surface area contributed by atoms with Crippen LogP contribution in [0.4, 0.5) is 0 Å². The van der Waals surface area contributed by atoms with Crippen LogP contribution < -0.4 is 4.74 Å². The molecule has 30 heavy (non-hydrogen) atoms. The molecule has 0 aliphatic heterocycles. The van der Waals surface area contributed by atoms with Crippen LogP contribution in [-0.2, 0) is 4.79 Å². The van der Waals surface area contributed by atoms with Gasteiger partial charge in [-0.2, -0.15) is 0 Å². The highest BCUT2D eigenvalue weighted by atomic mass is 16.5. The van der Waals surface area contributed by atoms with Crippen LogP contribution in [0, 0.1) is 0 Å². The van der Waals surface area contributed by atoms with E-state index in [0.29, 0.717) is 22.1 Å². The van der Waals surface area contributed by atoms with Gasteiger partial charge in [0.05, 0.1) is 0 Å². The monoisotopic (exact) mass is 398 g/mol. The highest BCUT2D eigenvalue weighted by Crippen LogP contribution is 2.36. The van der Waals surface area contributed by atoms with Gasteiger partial charge in [0.1, 0.15) is 27.8 Å². The van der Waals surface area contributed by atoms with Crippen molar-refractivity contribution in [2.24, 2.45) is 0 Å². The Morgan fingerprint density at radius 1 is 0.833 bits per heavy atom. The van der Waals surface area contributed by atoms with Crippen molar-refractivity contribution in [2.75, 3.05) is 0 Å². The predicted molar refractivity (Wildman–Crippen MR) is 109 cm³/mol. The summed E-state index contributed by atoms with van der Waals surface area (Å²) in [6.07, 6.45) is 1.03. The number of rotatable bonds is 4. The lowest BCUT2D eigenvalue weighted by Gasteiger charge is -2.12. The second kappa shape index (κ2) is 6.82. The fourth-order valence-electron chi connectivity index (χ4n) is 3.06. The molecule has 0 saturated heterocycles. The van der Waals surface area contributed by atoms with Crippen LogP contribution in [0.15, 0.2) is 73.3 Å². The van der Waals surface area contributed by atoms with Gasteiger partial charge in [-0.3, -0.25) is 0 Å². The standard InChI is InChI=1S/C21H14N6O3/c1-2-19(28)30-18-12-11-17(26-22-13-7-3-4-8-14(13)23-26)21(29)20(18)27-24-15-9-5-6-10-16(15)25-27/h2-12,29H,1H2. The molecule has 0 bridgehead atoms. The first-order valence-electron chi connectivity index (χ1n) is 8.99. The molecule has 5 rings (SSSR count). The molecule has 9 nitrogen and oxygen atoms in total. The minimum atomic E-state index is -0.678. The van der Waals surface area contributed by atoms with Gasteiger partial charge in [-0.05, 0) is 36.4 Å². The molecule has 0 aliphatic carbocycles. The Morgan fingerprint density at radius 3 is 1.83 bits per heavy atom. The highest BCUT2D eigenvalue weighted by Gasteiger charge is 2.22. The first kappa shape index (κ1) is 17.6. The number of esters is 1. The Balaban J connectivity index is 1.73. The van der Waals surface area contributed by atoms with Crippen molar-refractivity contribution in [3.8, 4) is 22.9 Å². The summed E-state index contributed by atoms with van der Waals surface area (Å²) in [5, 5.41) is 28.7. The number of carbonyl (C=O) groups excluding carboxylic acids is 1. The fraction of sp³-hybridized carbons (Fsp3) is 0. The molecule has 0 unspecified atom stereocenters. The molecule has 0 amide bonds. The van der Waals surface area contributed by atoms with E-state index in [4.69, 9.17) is 4.74 Å². The largest absolute Gasteiger partial charge is 0.504 e. The van der Waals surface area contributed by atoms with Gasteiger partial charge < -0.3 is 9.84 Å². The Morgan fingerprint density at radius 2 is 1.33 bits per heavy atom. The number of phenols is 1. The van der Waals surface area contributed by atoms with Gasteiger partial charge in [0.2, 0.25) is 0 Å². The summed E-state index contributed by atoms with van der Waals surface area (Å²) < 4.78 is 5.31. The van der Waals surface area contributed by atoms with Gasteiger partial charge in [0, 0.05) is 6.08 Å². The third-order valence-electron chi connectivity index (χ3n) is 4.46. The van der Waals surface area contributed by atoms with Crippen LogP contribution in [0.3, 0.4) is 0 Å². The van der Waals surface area contributed by atoms with Crippen molar-refractivity contribution < 1.29 is 14.6 Å².